The minimum atomic E-state index is -1.38. The smallest absolute Gasteiger partial charge is 0.320 e. The molecule has 80 valence electrons. The molecule has 0 aliphatic carbocycles. The summed E-state index contributed by atoms with van der Waals surface area (Å²) in [7, 11) is 5.31. The van der Waals surface area contributed by atoms with Crippen LogP contribution < -0.4 is 0 Å². The third kappa shape index (κ3) is 6.17. The Morgan fingerprint density at radius 3 is 1.92 bits per heavy atom. The van der Waals surface area contributed by atoms with Gasteiger partial charge in [0, 0.05) is 28.4 Å². The van der Waals surface area contributed by atoms with E-state index in [4.69, 9.17) is 18.3 Å². The third-order valence-corrected chi connectivity index (χ3v) is 3.86. The zero-order valence-corrected chi connectivity index (χ0v) is 10.1. The summed E-state index contributed by atoms with van der Waals surface area (Å²) >= 11 is 0. The van der Waals surface area contributed by atoms with Gasteiger partial charge in [0.2, 0.25) is 0 Å². The summed E-state index contributed by atoms with van der Waals surface area (Å²) in [6, 6.07) is 0.996. The van der Waals surface area contributed by atoms with Gasteiger partial charge in [-0.2, -0.15) is 0 Å². The summed E-state index contributed by atoms with van der Waals surface area (Å²) in [6.07, 6.45) is 1.82. The molecule has 0 saturated carbocycles. The van der Waals surface area contributed by atoms with Crippen LogP contribution in [0.4, 0.5) is 0 Å². The Hall–Kier alpha value is 0.0569. The summed E-state index contributed by atoms with van der Waals surface area (Å²) in [6.45, 7) is 0. The predicted octanol–water partition coefficient (Wildman–Crippen LogP) is 0.899. The third-order valence-electron chi connectivity index (χ3n) is 1.93. The van der Waals surface area contributed by atoms with Gasteiger partial charge < -0.3 is 18.3 Å². The average molecular weight is 208 g/mol. The highest BCUT2D eigenvalue weighted by Gasteiger charge is 2.11. The number of methoxy groups -OCH3 is 2. The number of rotatable bonds is 8. The van der Waals surface area contributed by atoms with Gasteiger partial charge in [0.1, 0.15) is 0 Å². The maximum absolute atomic E-state index is 5.18. The molecule has 0 unspecified atom stereocenters. The molecule has 0 spiro atoms. The lowest BCUT2D eigenvalue weighted by Crippen LogP contribution is -2.20. The monoisotopic (exact) mass is 208 g/mol. The minimum Gasteiger partial charge on any atom is -0.400 e. The highest BCUT2D eigenvalue weighted by Crippen LogP contribution is 2.08. The molecular formula is C8H20O4Si. The summed E-state index contributed by atoms with van der Waals surface area (Å²) < 4.78 is 20.5. The molecule has 13 heavy (non-hydrogen) atoms. The fraction of sp³-hybridized carbons (Fsp3) is 1.00. The fourth-order valence-corrected chi connectivity index (χ4v) is 2.35. The van der Waals surface area contributed by atoms with Crippen molar-refractivity contribution < 1.29 is 18.3 Å². The second-order valence-electron chi connectivity index (χ2n) is 2.73. The van der Waals surface area contributed by atoms with Crippen LogP contribution in [0.25, 0.3) is 0 Å². The number of ether oxygens (including phenoxy) is 2. The Morgan fingerprint density at radius 1 is 1.00 bits per heavy atom. The standard InChI is InChI=1S/C8H20O4Si/c1-9-8(10-2)6-5-7-13(11-3)12-4/h8,13H,5-7H2,1-4H3. The van der Waals surface area contributed by atoms with Crippen LogP contribution in [-0.2, 0) is 18.3 Å². The van der Waals surface area contributed by atoms with E-state index in [0.29, 0.717) is 0 Å². The van der Waals surface area contributed by atoms with Crippen molar-refractivity contribution in [1.29, 1.82) is 0 Å². The molecule has 0 heterocycles. The minimum absolute atomic E-state index is 0.0941. The topological polar surface area (TPSA) is 36.9 Å². The summed E-state index contributed by atoms with van der Waals surface area (Å²) in [5.74, 6) is 0. The molecule has 0 atom stereocenters. The molecule has 0 saturated heterocycles. The molecule has 0 bridgehead atoms. The van der Waals surface area contributed by atoms with Crippen LogP contribution >= 0.6 is 0 Å². The maximum Gasteiger partial charge on any atom is 0.320 e. The highest BCUT2D eigenvalue weighted by molar-refractivity contribution is 6.44. The van der Waals surface area contributed by atoms with Gasteiger partial charge in [-0.3, -0.25) is 0 Å². The molecule has 4 nitrogen and oxygen atoms in total. The highest BCUT2D eigenvalue weighted by atomic mass is 28.3. The van der Waals surface area contributed by atoms with E-state index in [0.717, 1.165) is 18.9 Å². The first-order chi connectivity index (χ1) is 6.28. The van der Waals surface area contributed by atoms with E-state index in [2.05, 4.69) is 0 Å². The summed E-state index contributed by atoms with van der Waals surface area (Å²) in [5.41, 5.74) is 0. The van der Waals surface area contributed by atoms with Crippen molar-refractivity contribution in [3.8, 4) is 0 Å². The van der Waals surface area contributed by atoms with Crippen molar-refractivity contribution in [3.05, 3.63) is 0 Å². The van der Waals surface area contributed by atoms with Crippen molar-refractivity contribution >= 4 is 9.28 Å². The molecule has 0 aromatic rings. The molecule has 0 aliphatic rings. The van der Waals surface area contributed by atoms with Crippen molar-refractivity contribution in [1.82, 2.24) is 0 Å². The largest absolute Gasteiger partial charge is 0.400 e. The van der Waals surface area contributed by atoms with Gasteiger partial charge in [-0.1, -0.05) is 0 Å². The molecule has 0 amide bonds. The Labute approximate surface area is 82.0 Å². The molecule has 5 heteroatoms. The van der Waals surface area contributed by atoms with Gasteiger partial charge in [0.15, 0.2) is 6.29 Å². The van der Waals surface area contributed by atoms with Crippen LogP contribution in [0.3, 0.4) is 0 Å². The van der Waals surface area contributed by atoms with E-state index in [-0.39, 0.29) is 6.29 Å². The molecule has 0 aromatic heterocycles. The first-order valence-electron chi connectivity index (χ1n) is 4.39. The Bertz CT molecular complexity index is 92.3. The second-order valence-corrected chi connectivity index (χ2v) is 5.11. The van der Waals surface area contributed by atoms with Crippen LogP contribution in [0.2, 0.25) is 6.04 Å². The number of hydrogen-bond acceptors (Lipinski definition) is 4. The van der Waals surface area contributed by atoms with E-state index in [9.17, 15) is 0 Å². The van der Waals surface area contributed by atoms with Gasteiger partial charge in [0.25, 0.3) is 0 Å². The van der Waals surface area contributed by atoms with E-state index in [1.807, 2.05) is 0 Å². The van der Waals surface area contributed by atoms with E-state index < -0.39 is 9.28 Å². The van der Waals surface area contributed by atoms with Crippen LogP contribution in [0, 0.1) is 0 Å². The number of hydrogen-bond donors (Lipinski definition) is 0. The van der Waals surface area contributed by atoms with Gasteiger partial charge in [0.05, 0.1) is 0 Å². The van der Waals surface area contributed by atoms with Crippen molar-refractivity contribution in [3.63, 3.8) is 0 Å². The zero-order valence-electron chi connectivity index (χ0n) is 8.91. The van der Waals surface area contributed by atoms with Gasteiger partial charge >= 0.3 is 9.28 Å². The first kappa shape index (κ1) is 13.1. The van der Waals surface area contributed by atoms with Gasteiger partial charge in [-0.05, 0) is 18.9 Å². The molecule has 0 N–H and O–H groups in total. The summed E-state index contributed by atoms with van der Waals surface area (Å²) in [4.78, 5) is 0. The molecule has 0 aliphatic heterocycles. The normalized spacial score (nSPS) is 11.5. The molecule has 0 aromatic carbocycles. The van der Waals surface area contributed by atoms with Crippen LogP contribution in [0.15, 0.2) is 0 Å². The Morgan fingerprint density at radius 2 is 1.54 bits per heavy atom. The van der Waals surface area contributed by atoms with E-state index in [1.165, 1.54) is 0 Å². The van der Waals surface area contributed by atoms with Crippen LogP contribution in [0.5, 0.6) is 0 Å². The van der Waals surface area contributed by atoms with Crippen LogP contribution in [0.1, 0.15) is 12.8 Å². The van der Waals surface area contributed by atoms with Crippen molar-refractivity contribution in [2.75, 3.05) is 28.4 Å². The first-order valence-corrected chi connectivity index (χ1v) is 6.15. The van der Waals surface area contributed by atoms with Crippen molar-refractivity contribution in [2.24, 2.45) is 0 Å². The Kier molecular flexibility index (Phi) is 8.68. The summed E-state index contributed by atoms with van der Waals surface area (Å²) in [5, 5.41) is 0. The quantitative estimate of drug-likeness (QED) is 0.439. The fourth-order valence-electron chi connectivity index (χ4n) is 1.12. The Balaban J connectivity index is 3.41. The van der Waals surface area contributed by atoms with Gasteiger partial charge in [-0.25, -0.2) is 0 Å². The lowest BCUT2D eigenvalue weighted by atomic mass is 10.3. The SMILES string of the molecule is COC(CCC[SiH](OC)OC)OC. The molecule has 0 rings (SSSR count). The van der Waals surface area contributed by atoms with Crippen molar-refractivity contribution in [2.45, 2.75) is 25.2 Å². The van der Waals surface area contributed by atoms with E-state index in [1.54, 1.807) is 28.4 Å². The lowest BCUT2D eigenvalue weighted by molar-refractivity contribution is -0.106. The van der Waals surface area contributed by atoms with E-state index >= 15 is 0 Å². The predicted molar refractivity (Wildman–Crippen MR) is 53.0 cm³/mol. The molecule has 0 fully saturated rings. The molecule has 0 radical (unpaired) electrons. The maximum atomic E-state index is 5.18. The van der Waals surface area contributed by atoms with Gasteiger partial charge in [-0.15, -0.1) is 0 Å². The second kappa shape index (κ2) is 8.65. The lowest BCUT2D eigenvalue weighted by Gasteiger charge is -2.14. The van der Waals surface area contributed by atoms with Crippen LogP contribution in [-0.4, -0.2) is 44.0 Å². The molecular weight excluding hydrogens is 188 g/mol. The average Bonchev–Trinajstić information content (AvgIpc) is 2.19. The zero-order chi connectivity index (χ0) is 10.1.